The van der Waals surface area contributed by atoms with Crippen LogP contribution in [0.15, 0.2) is 35.1 Å². The number of ether oxygens (including phenoxy) is 1. The molecule has 130 valence electrons. The Balaban J connectivity index is 1.72. The van der Waals surface area contributed by atoms with Crippen molar-refractivity contribution in [2.45, 2.75) is 19.3 Å². The number of hydrogen-bond acceptors (Lipinski definition) is 7. The van der Waals surface area contributed by atoms with E-state index in [0.717, 1.165) is 11.3 Å². The van der Waals surface area contributed by atoms with Crippen LogP contribution < -0.4 is 10.3 Å². The number of rotatable bonds is 7. The largest absolute Gasteiger partial charge is 0.486 e. The average molecular weight is 377 g/mol. The molecule has 0 radical (unpaired) electrons. The molecule has 1 N–H and O–H groups in total. The van der Waals surface area contributed by atoms with Gasteiger partial charge in [0.25, 0.3) is 5.56 Å². The van der Waals surface area contributed by atoms with Crippen LogP contribution in [0.2, 0.25) is 0 Å². The third-order valence-electron chi connectivity index (χ3n) is 3.20. The number of aryl methyl sites for hydroxylation is 1. The Morgan fingerprint density at radius 3 is 2.84 bits per heavy atom. The fraction of sp³-hybridized carbons (Fsp3) is 0.250. The quantitative estimate of drug-likeness (QED) is 0.675. The number of aliphatic carboxylic acids is 1. The summed E-state index contributed by atoms with van der Waals surface area (Å²) in [6.45, 7) is 2.25. The summed E-state index contributed by atoms with van der Waals surface area (Å²) in [6.07, 6.45) is 0. The van der Waals surface area contributed by atoms with Crippen molar-refractivity contribution in [2.24, 2.45) is 0 Å². The number of carboxylic acid groups (broad SMARTS) is 1. The number of fused-ring (bicyclic) bond motifs is 1. The van der Waals surface area contributed by atoms with Crippen LogP contribution in [-0.2, 0) is 17.2 Å². The maximum atomic E-state index is 12.1. The van der Waals surface area contributed by atoms with E-state index in [-0.39, 0.29) is 17.9 Å². The molecule has 0 spiro atoms. The Hall–Kier alpha value is -2.39. The molecule has 25 heavy (non-hydrogen) atoms. The van der Waals surface area contributed by atoms with Gasteiger partial charge in [-0.05, 0) is 19.1 Å². The van der Waals surface area contributed by atoms with Gasteiger partial charge in [0.2, 0.25) is 4.96 Å². The number of nitrogens with zero attached hydrogens (tertiary/aromatic N) is 3. The third kappa shape index (κ3) is 4.58. The van der Waals surface area contributed by atoms with Crippen LogP contribution in [0, 0.1) is 6.92 Å². The van der Waals surface area contributed by atoms with E-state index < -0.39 is 5.97 Å². The number of hydrogen-bond donors (Lipinski definition) is 1. The second-order valence-electron chi connectivity index (χ2n) is 5.26. The van der Waals surface area contributed by atoms with Crippen LogP contribution >= 0.6 is 23.1 Å². The zero-order valence-corrected chi connectivity index (χ0v) is 15.0. The van der Waals surface area contributed by atoms with Crippen molar-refractivity contribution in [3.63, 3.8) is 0 Å². The molecule has 3 aromatic rings. The van der Waals surface area contributed by atoms with E-state index in [0.29, 0.717) is 21.4 Å². The number of benzene rings is 1. The smallest absolute Gasteiger partial charge is 0.313 e. The van der Waals surface area contributed by atoms with Crippen molar-refractivity contribution in [1.82, 2.24) is 14.6 Å². The minimum Gasteiger partial charge on any atom is -0.486 e. The van der Waals surface area contributed by atoms with Crippen molar-refractivity contribution in [2.75, 3.05) is 5.75 Å². The van der Waals surface area contributed by atoms with Crippen molar-refractivity contribution < 1.29 is 14.6 Å². The van der Waals surface area contributed by atoms with Crippen LogP contribution in [0.5, 0.6) is 5.75 Å². The molecular weight excluding hydrogens is 362 g/mol. The van der Waals surface area contributed by atoms with Gasteiger partial charge >= 0.3 is 5.97 Å². The fourth-order valence-electron chi connectivity index (χ4n) is 2.05. The molecule has 1 aromatic carbocycles. The summed E-state index contributed by atoms with van der Waals surface area (Å²) in [5.74, 6) is 0.178. The molecule has 0 aliphatic carbocycles. The summed E-state index contributed by atoms with van der Waals surface area (Å²) in [7, 11) is 0. The van der Waals surface area contributed by atoms with Gasteiger partial charge in [-0.25, -0.2) is 4.98 Å². The van der Waals surface area contributed by atoms with Gasteiger partial charge in [0.05, 0.1) is 11.4 Å². The molecule has 0 bridgehead atoms. The predicted octanol–water partition coefficient (Wildman–Crippen LogP) is 2.36. The summed E-state index contributed by atoms with van der Waals surface area (Å²) >= 11 is 2.47. The fourth-order valence-corrected chi connectivity index (χ4v) is 3.52. The molecule has 0 amide bonds. The molecule has 7 nitrogen and oxygen atoms in total. The molecule has 0 saturated heterocycles. The van der Waals surface area contributed by atoms with Crippen LogP contribution in [0.3, 0.4) is 0 Å². The molecule has 0 unspecified atom stereocenters. The summed E-state index contributed by atoms with van der Waals surface area (Å²) in [4.78, 5) is 27.5. The van der Waals surface area contributed by atoms with Gasteiger partial charge in [-0.3, -0.25) is 9.59 Å². The van der Waals surface area contributed by atoms with Crippen molar-refractivity contribution in [1.29, 1.82) is 0 Å². The van der Waals surface area contributed by atoms with Crippen molar-refractivity contribution in [3.05, 3.63) is 57.0 Å². The molecule has 0 fully saturated rings. The highest BCUT2D eigenvalue weighted by molar-refractivity contribution is 7.99. The minimum atomic E-state index is -0.892. The Kier molecular flexibility index (Phi) is 5.34. The van der Waals surface area contributed by atoms with E-state index in [2.05, 4.69) is 10.1 Å². The van der Waals surface area contributed by atoms with Crippen LogP contribution in [-0.4, -0.2) is 31.4 Å². The molecule has 0 saturated carbocycles. The standard InChI is InChI=1S/C16H15N3O4S2/c1-10-2-4-12(5-3-10)23-7-13-18-19-14(20)6-11(17-16(19)25-13)8-24-9-15(21)22/h2-6H,7-9H2,1H3,(H,21,22). The summed E-state index contributed by atoms with van der Waals surface area (Å²) in [5, 5.41) is 13.5. The topological polar surface area (TPSA) is 93.8 Å². The first-order chi connectivity index (χ1) is 12.0. The van der Waals surface area contributed by atoms with Crippen LogP contribution in [0.4, 0.5) is 0 Å². The van der Waals surface area contributed by atoms with Gasteiger partial charge in [-0.15, -0.1) is 11.8 Å². The zero-order valence-electron chi connectivity index (χ0n) is 13.3. The lowest BCUT2D eigenvalue weighted by Gasteiger charge is -2.03. The first-order valence-electron chi connectivity index (χ1n) is 7.39. The number of aromatic nitrogens is 3. The number of carboxylic acids is 1. The highest BCUT2D eigenvalue weighted by Crippen LogP contribution is 2.17. The van der Waals surface area contributed by atoms with E-state index >= 15 is 0 Å². The van der Waals surface area contributed by atoms with Gasteiger partial charge in [0, 0.05) is 11.8 Å². The Bertz CT molecular complexity index is 950. The molecule has 0 atom stereocenters. The van der Waals surface area contributed by atoms with E-state index in [1.165, 1.54) is 33.7 Å². The number of thioether (sulfide) groups is 1. The Morgan fingerprint density at radius 1 is 1.36 bits per heavy atom. The summed E-state index contributed by atoms with van der Waals surface area (Å²) in [6, 6.07) is 9.06. The van der Waals surface area contributed by atoms with Crippen molar-refractivity contribution in [3.8, 4) is 5.75 Å². The first kappa shape index (κ1) is 17.4. The minimum absolute atomic E-state index is 0.0284. The molecule has 2 aromatic heterocycles. The Labute approximate surface area is 151 Å². The second kappa shape index (κ2) is 7.66. The molecule has 0 aliphatic rings. The van der Waals surface area contributed by atoms with Gasteiger partial charge in [0.15, 0.2) is 5.01 Å². The SMILES string of the molecule is Cc1ccc(OCc2nn3c(=O)cc(CSCC(=O)O)nc3s2)cc1. The van der Waals surface area contributed by atoms with Gasteiger partial charge in [0.1, 0.15) is 12.4 Å². The highest BCUT2D eigenvalue weighted by Gasteiger charge is 2.10. The third-order valence-corrected chi connectivity index (χ3v) is 5.03. The number of carbonyl (C=O) groups is 1. The maximum Gasteiger partial charge on any atom is 0.313 e. The molecule has 2 heterocycles. The monoisotopic (exact) mass is 377 g/mol. The molecule has 9 heteroatoms. The maximum absolute atomic E-state index is 12.1. The van der Waals surface area contributed by atoms with Crippen LogP contribution in [0.25, 0.3) is 4.96 Å². The summed E-state index contributed by atoms with van der Waals surface area (Å²) in [5.41, 5.74) is 1.41. The Morgan fingerprint density at radius 2 is 2.12 bits per heavy atom. The molecular formula is C16H15N3O4S2. The summed E-state index contributed by atoms with van der Waals surface area (Å²) < 4.78 is 6.91. The lowest BCUT2D eigenvalue weighted by molar-refractivity contribution is -0.133. The zero-order chi connectivity index (χ0) is 17.8. The predicted molar refractivity (Wildman–Crippen MR) is 96.4 cm³/mol. The van der Waals surface area contributed by atoms with Crippen molar-refractivity contribution >= 4 is 34.0 Å². The van der Waals surface area contributed by atoms with E-state index in [1.807, 2.05) is 31.2 Å². The highest BCUT2D eigenvalue weighted by atomic mass is 32.2. The lowest BCUT2D eigenvalue weighted by atomic mass is 10.2. The van der Waals surface area contributed by atoms with E-state index in [4.69, 9.17) is 9.84 Å². The second-order valence-corrected chi connectivity index (χ2v) is 7.29. The molecule has 3 rings (SSSR count). The van der Waals surface area contributed by atoms with Crippen LogP contribution in [0.1, 0.15) is 16.3 Å². The first-order valence-corrected chi connectivity index (χ1v) is 9.36. The van der Waals surface area contributed by atoms with E-state index in [1.54, 1.807) is 0 Å². The lowest BCUT2D eigenvalue weighted by Crippen LogP contribution is -2.15. The van der Waals surface area contributed by atoms with Gasteiger partial charge < -0.3 is 9.84 Å². The van der Waals surface area contributed by atoms with E-state index in [9.17, 15) is 9.59 Å². The molecule has 0 aliphatic heterocycles. The normalized spacial score (nSPS) is 10.9. The average Bonchev–Trinajstić information content (AvgIpc) is 2.98. The van der Waals surface area contributed by atoms with Gasteiger partial charge in [-0.1, -0.05) is 29.0 Å². The van der Waals surface area contributed by atoms with Gasteiger partial charge in [-0.2, -0.15) is 9.61 Å².